The van der Waals surface area contributed by atoms with E-state index in [1.54, 1.807) is 26.0 Å². The van der Waals surface area contributed by atoms with Crippen LogP contribution in [-0.4, -0.2) is 73.0 Å². The van der Waals surface area contributed by atoms with E-state index in [0.717, 1.165) is 11.8 Å². The van der Waals surface area contributed by atoms with E-state index in [-0.39, 0.29) is 27.8 Å². The van der Waals surface area contributed by atoms with Crippen molar-refractivity contribution in [1.82, 2.24) is 25.1 Å². The number of aromatic nitrogens is 2. The van der Waals surface area contributed by atoms with Gasteiger partial charge in [-0.15, -0.1) is 10.2 Å². The minimum atomic E-state index is -3.66. The van der Waals surface area contributed by atoms with Crippen molar-refractivity contribution in [2.24, 2.45) is 0 Å². The molecule has 2 heterocycles. The number of thioether (sulfide) groups is 1. The molecular weight excluding hydrogens is 446 g/mol. The van der Waals surface area contributed by atoms with Gasteiger partial charge in [0.2, 0.25) is 21.8 Å². The maximum Gasteiger partial charge on any atom is 0.321 e. The zero-order valence-corrected chi connectivity index (χ0v) is 18.7. The van der Waals surface area contributed by atoms with Crippen molar-refractivity contribution in [3.63, 3.8) is 0 Å². The molecule has 168 valence electrons. The van der Waals surface area contributed by atoms with E-state index in [9.17, 15) is 18.0 Å². The van der Waals surface area contributed by atoms with Crippen molar-refractivity contribution in [2.75, 3.05) is 32.1 Å². The maximum atomic E-state index is 12.8. The quantitative estimate of drug-likeness (QED) is 0.569. The minimum Gasteiger partial charge on any atom is -0.411 e. The summed E-state index contributed by atoms with van der Waals surface area (Å²) in [6, 6.07) is 5.55. The fourth-order valence-corrected chi connectivity index (χ4v) is 4.72. The average molecular weight is 470 g/mol. The summed E-state index contributed by atoms with van der Waals surface area (Å²) >= 11 is 0.965. The van der Waals surface area contributed by atoms with Crippen molar-refractivity contribution in [1.29, 1.82) is 0 Å². The molecule has 0 aliphatic carbocycles. The van der Waals surface area contributed by atoms with E-state index in [2.05, 4.69) is 20.8 Å². The molecule has 0 spiro atoms. The fourth-order valence-electron chi connectivity index (χ4n) is 2.70. The molecule has 11 nitrogen and oxygen atoms in total. The first kappa shape index (κ1) is 23.2. The lowest BCUT2D eigenvalue weighted by molar-refractivity contribution is -0.117. The van der Waals surface area contributed by atoms with Crippen molar-refractivity contribution in [3.05, 3.63) is 24.3 Å². The Morgan fingerprint density at radius 3 is 2.68 bits per heavy atom. The molecule has 0 bridgehead atoms. The van der Waals surface area contributed by atoms with E-state index >= 15 is 0 Å². The maximum absolute atomic E-state index is 12.8. The van der Waals surface area contributed by atoms with Gasteiger partial charge in [0.15, 0.2) is 0 Å². The molecule has 1 aliphatic rings. The molecule has 3 rings (SSSR count). The summed E-state index contributed by atoms with van der Waals surface area (Å²) in [5.74, 6) is -0.487. The average Bonchev–Trinajstić information content (AvgIpc) is 3.21. The number of rotatable bonds is 7. The third-order valence-corrected chi connectivity index (χ3v) is 6.81. The lowest BCUT2D eigenvalue weighted by Crippen LogP contribution is -2.43. The lowest BCUT2D eigenvalue weighted by atomic mass is 10.2. The van der Waals surface area contributed by atoms with Gasteiger partial charge in [-0.2, -0.15) is 4.31 Å². The number of nitrogens with zero attached hydrogens (tertiary/aromatic N) is 3. The van der Waals surface area contributed by atoms with E-state index in [1.807, 2.05) is 0 Å². The first-order valence-corrected chi connectivity index (χ1v) is 11.9. The molecule has 1 aliphatic heterocycles. The highest BCUT2D eigenvalue weighted by atomic mass is 32.2. The standard InChI is InChI=1S/C18H23N5O6S2/c1-12(2)19-17(25)20-15(24)11-30-18-22-21-16(29-18)13-4-3-5-14(10-13)31(26,27)23-6-8-28-9-7-23/h3-5,10,12H,6-9,11H2,1-2H3,(H2,19,20,24,25). The summed E-state index contributed by atoms with van der Waals surface area (Å²) in [4.78, 5) is 23.5. The van der Waals surface area contributed by atoms with Crippen LogP contribution in [-0.2, 0) is 19.6 Å². The molecule has 3 amide bonds. The van der Waals surface area contributed by atoms with Crippen LogP contribution in [0.25, 0.3) is 11.5 Å². The summed E-state index contributed by atoms with van der Waals surface area (Å²) in [7, 11) is -3.66. The smallest absolute Gasteiger partial charge is 0.321 e. The molecule has 0 atom stereocenters. The van der Waals surface area contributed by atoms with Gasteiger partial charge in [-0.05, 0) is 32.0 Å². The predicted molar refractivity (Wildman–Crippen MR) is 112 cm³/mol. The molecule has 2 aromatic rings. The van der Waals surface area contributed by atoms with E-state index in [0.29, 0.717) is 31.9 Å². The van der Waals surface area contributed by atoms with Gasteiger partial charge < -0.3 is 14.5 Å². The number of ether oxygens (including phenoxy) is 1. The Kier molecular flexibility index (Phi) is 7.64. The highest BCUT2D eigenvalue weighted by Crippen LogP contribution is 2.26. The summed E-state index contributed by atoms with van der Waals surface area (Å²) < 4.78 is 37.8. The number of sulfonamides is 1. The number of hydrogen-bond acceptors (Lipinski definition) is 9. The Bertz CT molecular complexity index is 1030. The highest BCUT2D eigenvalue weighted by molar-refractivity contribution is 7.99. The first-order chi connectivity index (χ1) is 14.8. The van der Waals surface area contributed by atoms with Crippen LogP contribution in [0.1, 0.15) is 13.8 Å². The Labute approximate surface area is 184 Å². The van der Waals surface area contributed by atoms with Crippen LogP contribution in [0.2, 0.25) is 0 Å². The van der Waals surface area contributed by atoms with Crippen LogP contribution in [0, 0.1) is 0 Å². The molecule has 0 unspecified atom stereocenters. The van der Waals surface area contributed by atoms with Gasteiger partial charge in [0, 0.05) is 24.7 Å². The van der Waals surface area contributed by atoms with Gasteiger partial charge in [-0.3, -0.25) is 10.1 Å². The first-order valence-electron chi connectivity index (χ1n) is 9.50. The van der Waals surface area contributed by atoms with Crippen molar-refractivity contribution in [3.8, 4) is 11.5 Å². The van der Waals surface area contributed by atoms with Crippen LogP contribution >= 0.6 is 11.8 Å². The van der Waals surface area contributed by atoms with Crippen molar-refractivity contribution < 1.29 is 27.2 Å². The van der Waals surface area contributed by atoms with Crippen LogP contribution < -0.4 is 10.6 Å². The number of nitrogens with one attached hydrogen (secondary N) is 2. The fraction of sp³-hybridized carbons (Fsp3) is 0.444. The summed E-state index contributed by atoms with van der Waals surface area (Å²) in [5, 5.41) is 12.7. The Morgan fingerprint density at radius 1 is 1.23 bits per heavy atom. The number of carbonyl (C=O) groups is 2. The predicted octanol–water partition coefficient (Wildman–Crippen LogP) is 1.08. The molecule has 1 aromatic carbocycles. The number of morpholine rings is 1. The largest absolute Gasteiger partial charge is 0.411 e. The number of hydrogen-bond donors (Lipinski definition) is 2. The van der Waals surface area contributed by atoms with Gasteiger partial charge in [0.25, 0.3) is 5.22 Å². The molecule has 1 saturated heterocycles. The normalized spacial score (nSPS) is 15.1. The summed E-state index contributed by atoms with van der Waals surface area (Å²) in [6.45, 7) is 4.86. The van der Waals surface area contributed by atoms with Gasteiger partial charge in [0.1, 0.15) is 0 Å². The van der Waals surface area contributed by atoms with Crippen LogP contribution in [0.4, 0.5) is 4.79 Å². The van der Waals surface area contributed by atoms with E-state index < -0.39 is 22.0 Å². The van der Waals surface area contributed by atoms with Gasteiger partial charge in [-0.25, -0.2) is 13.2 Å². The van der Waals surface area contributed by atoms with Crippen LogP contribution in [0.3, 0.4) is 0 Å². The third-order valence-electron chi connectivity index (χ3n) is 4.09. The molecule has 31 heavy (non-hydrogen) atoms. The van der Waals surface area contributed by atoms with Gasteiger partial charge in [-0.1, -0.05) is 17.8 Å². The third kappa shape index (κ3) is 6.26. The Balaban J connectivity index is 1.64. The Morgan fingerprint density at radius 2 is 1.97 bits per heavy atom. The molecule has 2 N–H and O–H groups in total. The zero-order chi connectivity index (χ0) is 22.4. The van der Waals surface area contributed by atoms with E-state index in [4.69, 9.17) is 9.15 Å². The highest BCUT2D eigenvalue weighted by Gasteiger charge is 2.27. The number of amides is 3. The summed E-state index contributed by atoms with van der Waals surface area (Å²) in [5.41, 5.74) is 0.439. The van der Waals surface area contributed by atoms with Crippen LogP contribution in [0.5, 0.6) is 0 Å². The molecular formula is C18H23N5O6S2. The second-order valence-corrected chi connectivity index (χ2v) is 9.75. The van der Waals surface area contributed by atoms with Gasteiger partial charge >= 0.3 is 6.03 Å². The monoisotopic (exact) mass is 469 g/mol. The molecule has 0 saturated carbocycles. The number of imide groups is 1. The SMILES string of the molecule is CC(C)NC(=O)NC(=O)CSc1nnc(-c2cccc(S(=O)(=O)N3CCOCC3)c2)o1. The lowest BCUT2D eigenvalue weighted by Gasteiger charge is -2.26. The molecule has 1 fully saturated rings. The van der Waals surface area contributed by atoms with Crippen LogP contribution in [0.15, 0.2) is 38.8 Å². The van der Waals surface area contributed by atoms with Crippen molar-refractivity contribution >= 4 is 33.7 Å². The second-order valence-electron chi connectivity index (χ2n) is 6.88. The minimum absolute atomic E-state index is 0.0956. The summed E-state index contributed by atoms with van der Waals surface area (Å²) in [6.07, 6.45) is 0. The van der Waals surface area contributed by atoms with E-state index in [1.165, 1.54) is 16.4 Å². The molecule has 13 heteroatoms. The number of carbonyl (C=O) groups excluding carboxylic acids is 2. The molecule has 0 radical (unpaired) electrons. The molecule has 1 aromatic heterocycles. The number of urea groups is 1. The number of benzene rings is 1. The topological polar surface area (TPSA) is 144 Å². The Hall–Kier alpha value is -2.48. The zero-order valence-electron chi connectivity index (χ0n) is 17.0. The van der Waals surface area contributed by atoms with Gasteiger partial charge in [0.05, 0.1) is 23.9 Å². The van der Waals surface area contributed by atoms with Crippen molar-refractivity contribution in [2.45, 2.75) is 30.0 Å². The second kappa shape index (κ2) is 10.2.